The Kier molecular flexibility index (Phi) is 5.82. The molecule has 2 heteroatoms. The van der Waals surface area contributed by atoms with Gasteiger partial charge in [0.1, 0.15) is 0 Å². The maximum absolute atomic E-state index is 3.56. The summed E-state index contributed by atoms with van der Waals surface area (Å²) in [6.07, 6.45) is 0. The van der Waals surface area contributed by atoms with Crippen LogP contribution in [0.1, 0.15) is 0 Å². The summed E-state index contributed by atoms with van der Waals surface area (Å²) >= 11 is 0. The molecule has 198 valence electrons. The molecule has 0 saturated carbocycles. The Bertz CT molecular complexity index is 2190. The van der Waals surface area contributed by atoms with Gasteiger partial charge in [-0.1, -0.05) is 103 Å². The molecule has 0 saturated heterocycles. The normalized spacial score (nSPS) is 11.3. The lowest BCUT2D eigenvalue weighted by molar-refractivity contribution is 1.18. The van der Waals surface area contributed by atoms with Gasteiger partial charge in [-0.3, -0.25) is 0 Å². The van der Waals surface area contributed by atoms with Crippen molar-refractivity contribution in [1.29, 1.82) is 0 Å². The molecule has 8 aromatic rings. The van der Waals surface area contributed by atoms with Crippen LogP contribution in [0.2, 0.25) is 0 Å². The first-order chi connectivity index (χ1) is 20.8. The maximum atomic E-state index is 3.56. The number of nitrogens with zero attached hydrogens (tertiary/aromatic N) is 1. The molecule has 42 heavy (non-hydrogen) atoms. The molecule has 0 aliphatic rings. The number of anilines is 2. The lowest BCUT2D eigenvalue weighted by atomic mass is 10.0. The molecule has 0 fully saturated rings. The molecule has 0 unspecified atom stereocenters. The van der Waals surface area contributed by atoms with Gasteiger partial charge in [0.05, 0.1) is 11.0 Å². The third kappa shape index (κ3) is 4.31. The fourth-order valence-corrected chi connectivity index (χ4v) is 6.04. The fourth-order valence-electron chi connectivity index (χ4n) is 6.04. The van der Waals surface area contributed by atoms with E-state index in [-0.39, 0.29) is 0 Å². The van der Waals surface area contributed by atoms with E-state index < -0.39 is 0 Å². The van der Waals surface area contributed by atoms with Crippen molar-refractivity contribution in [3.63, 3.8) is 0 Å². The smallest absolute Gasteiger partial charge is 0.0541 e. The predicted octanol–water partition coefficient (Wildman–Crippen LogP) is 11.0. The van der Waals surface area contributed by atoms with Crippen LogP contribution in [0.15, 0.2) is 164 Å². The van der Waals surface area contributed by atoms with Crippen molar-refractivity contribution in [1.82, 2.24) is 4.57 Å². The summed E-state index contributed by atoms with van der Waals surface area (Å²) in [5.41, 5.74) is 10.6. The van der Waals surface area contributed by atoms with Gasteiger partial charge in [-0.15, -0.1) is 0 Å². The highest BCUT2D eigenvalue weighted by Gasteiger charge is 2.13. The van der Waals surface area contributed by atoms with Gasteiger partial charge in [0.25, 0.3) is 0 Å². The summed E-state index contributed by atoms with van der Waals surface area (Å²) < 4.78 is 2.35. The molecule has 0 aliphatic carbocycles. The molecule has 1 aromatic heterocycles. The number of hydrogen-bond donors (Lipinski definition) is 1. The summed E-state index contributed by atoms with van der Waals surface area (Å²) in [5, 5.41) is 8.62. The zero-order chi connectivity index (χ0) is 27.9. The highest BCUT2D eigenvalue weighted by molar-refractivity contribution is 6.10. The van der Waals surface area contributed by atoms with E-state index in [1.807, 2.05) is 0 Å². The van der Waals surface area contributed by atoms with Crippen molar-refractivity contribution in [2.24, 2.45) is 0 Å². The summed E-state index contributed by atoms with van der Waals surface area (Å²) in [6, 6.07) is 58.6. The first kappa shape index (κ1) is 24.2. The van der Waals surface area contributed by atoms with Crippen LogP contribution in [-0.2, 0) is 0 Å². The zero-order valence-electron chi connectivity index (χ0n) is 23.0. The van der Waals surface area contributed by atoms with Crippen LogP contribution in [0.5, 0.6) is 0 Å². The van der Waals surface area contributed by atoms with Gasteiger partial charge in [0.2, 0.25) is 0 Å². The summed E-state index contributed by atoms with van der Waals surface area (Å²) in [7, 11) is 0. The van der Waals surface area contributed by atoms with Crippen LogP contribution < -0.4 is 5.32 Å². The molecule has 0 radical (unpaired) electrons. The van der Waals surface area contributed by atoms with E-state index in [9.17, 15) is 0 Å². The van der Waals surface area contributed by atoms with Gasteiger partial charge in [0.15, 0.2) is 0 Å². The summed E-state index contributed by atoms with van der Waals surface area (Å²) in [5.74, 6) is 0. The standard InChI is InChI=1S/C40H28N2/c1-2-10-36(11-3-1)42-39-13-7-6-12-37(39)38-27-33(20-25-40(38)42)30-18-23-35(24-19-30)41-34-21-16-29(17-22-34)32-15-14-28-8-4-5-9-31(28)26-32/h1-27,41H. The van der Waals surface area contributed by atoms with Crippen molar-refractivity contribution in [3.05, 3.63) is 164 Å². The Morgan fingerprint density at radius 1 is 0.357 bits per heavy atom. The second-order valence-corrected chi connectivity index (χ2v) is 10.8. The summed E-state index contributed by atoms with van der Waals surface area (Å²) in [6.45, 7) is 0. The number of benzene rings is 7. The van der Waals surface area contributed by atoms with Gasteiger partial charge in [-0.2, -0.15) is 0 Å². The van der Waals surface area contributed by atoms with Crippen LogP contribution >= 0.6 is 0 Å². The van der Waals surface area contributed by atoms with E-state index in [2.05, 4.69) is 174 Å². The van der Waals surface area contributed by atoms with E-state index in [1.165, 1.54) is 60.5 Å². The first-order valence-electron chi connectivity index (χ1n) is 14.4. The van der Waals surface area contributed by atoms with Crippen molar-refractivity contribution in [3.8, 4) is 27.9 Å². The minimum Gasteiger partial charge on any atom is -0.356 e. The van der Waals surface area contributed by atoms with Gasteiger partial charge < -0.3 is 9.88 Å². The molecule has 0 atom stereocenters. The summed E-state index contributed by atoms with van der Waals surface area (Å²) in [4.78, 5) is 0. The first-order valence-corrected chi connectivity index (χ1v) is 14.4. The van der Waals surface area contributed by atoms with Crippen molar-refractivity contribution < 1.29 is 0 Å². The fraction of sp³-hybridized carbons (Fsp3) is 0. The van der Waals surface area contributed by atoms with E-state index >= 15 is 0 Å². The Labute approximate surface area is 245 Å². The predicted molar refractivity (Wildman–Crippen MR) is 179 cm³/mol. The minimum absolute atomic E-state index is 1.07. The van der Waals surface area contributed by atoms with Crippen molar-refractivity contribution in [2.75, 3.05) is 5.32 Å². The van der Waals surface area contributed by atoms with Crippen molar-refractivity contribution in [2.45, 2.75) is 0 Å². The molecule has 0 spiro atoms. The molecule has 8 rings (SSSR count). The van der Waals surface area contributed by atoms with Crippen LogP contribution in [0.25, 0.3) is 60.5 Å². The number of fused-ring (bicyclic) bond motifs is 4. The SMILES string of the molecule is c1ccc(-n2c3ccccc3c3cc(-c4ccc(Nc5ccc(-c6ccc7ccccc7c6)cc5)cc4)ccc32)cc1. The highest BCUT2D eigenvalue weighted by atomic mass is 15.0. The topological polar surface area (TPSA) is 17.0 Å². The maximum Gasteiger partial charge on any atom is 0.0541 e. The average Bonchev–Trinajstić information content (AvgIpc) is 3.39. The Morgan fingerprint density at radius 2 is 0.905 bits per heavy atom. The van der Waals surface area contributed by atoms with Crippen LogP contribution in [0, 0.1) is 0 Å². The number of rotatable bonds is 5. The Balaban J connectivity index is 1.06. The molecule has 0 aliphatic heterocycles. The second kappa shape index (κ2) is 10.1. The molecule has 2 nitrogen and oxygen atoms in total. The van der Waals surface area contributed by atoms with Crippen LogP contribution in [-0.4, -0.2) is 4.57 Å². The van der Waals surface area contributed by atoms with Crippen LogP contribution in [0.3, 0.4) is 0 Å². The third-order valence-electron chi connectivity index (χ3n) is 8.16. The molecular formula is C40H28N2. The minimum atomic E-state index is 1.07. The third-order valence-corrected chi connectivity index (χ3v) is 8.16. The van der Waals surface area contributed by atoms with Gasteiger partial charge in [0, 0.05) is 27.8 Å². The van der Waals surface area contributed by atoms with Gasteiger partial charge >= 0.3 is 0 Å². The van der Waals surface area contributed by atoms with E-state index in [4.69, 9.17) is 0 Å². The Morgan fingerprint density at radius 3 is 1.64 bits per heavy atom. The quantitative estimate of drug-likeness (QED) is 0.231. The molecule has 7 aromatic carbocycles. The molecule has 0 bridgehead atoms. The van der Waals surface area contributed by atoms with E-state index in [1.54, 1.807) is 0 Å². The highest BCUT2D eigenvalue weighted by Crippen LogP contribution is 2.35. The zero-order valence-corrected chi connectivity index (χ0v) is 23.0. The molecule has 1 heterocycles. The molecule has 0 amide bonds. The van der Waals surface area contributed by atoms with E-state index in [0.29, 0.717) is 0 Å². The van der Waals surface area contributed by atoms with E-state index in [0.717, 1.165) is 11.4 Å². The molecule has 1 N–H and O–H groups in total. The van der Waals surface area contributed by atoms with Crippen LogP contribution in [0.4, 0.5) is 11.4 Å². The second-order valence-electron chi connectivity index (χ2n) is 10.8. The largest absolute Gasteiger partial charge is 0.356 e. The van der Waals surface area contributed by atoms with Gasteiger partial charge in [-0.05, 0) is 93.7 Å². The van der Waals surface area contributed by atoms with Crippen molar-refractivity contribution >= 4 is 44.0 Å². The number of aromatic nitrogens is 1. The van der Waals surface area contributed by atoms with Gasteiger partial charge in [-0.25, -0.2) is 0 Å². The average molecular weight is 537 g/mol. The Hall–Kier alpha value is -5.60. The monoisotopic (exact) mass is 536 g/mol. The molecular weight excluding hydrogens is 508 g/mol. The lowest BCUT2D eigenvalue weighted by Gasteiger charge is -2.10. The number of para-hydroxylation sites is 2. The number of hydrogen-bond acceptors (Lipinski definition) is 1. The number of nitrogens with one attached hydrogen (secondary N) is 1. The lowest BCUT2D eigenvalue weighted by Crippen LogP contribution is -1.93.